The lowest BCUT2D eigenvalue weighted by atomic mass is 9.61. The molecule has 1 nitrogen and oxygen atoms in total. The van der Waals surface area contributed by atoms with Crippen LogP contribution in [-0.4, -0.2) is 5.11 Å². The van der Waals surface area contributed by atoms with E-state index < -0.39 is 5.60 Å². The molecule has 1 spiro atoms. The number of fused-ring (bicyclic) bond motifs is 1. The van der Waals surface area contributed by atoms with Crippen LogP contribution >= 0.6 is 0 Å². The molecule has 3 rings (SSSR count). The highest BCUT2D eigenvalue weighted by Crippen LogP contribution is 2.57. The first-order chi connectivity index (χ1) is 7.66. The lowest BCUT2D eigenvalue weighted by Gasteiger charge is -2.47. The average Bonchev–Trinajstić information content (AvgIpc) is 2.75. The fraction of sp³-hybridized carbons (Fsp3) is 0.600. The second-order valence-corrected chi connectivity index (χ2v) is 5.72. The van der Waals surface area contributed by atoms with E-state index in [1.54, 1.807) is 0 Å². The van der Waals surface area contributed by atoms with Gasteiger partial charge in [0.2, 0.25) is 0 Å². The smallest absolute Gasteiger partial charge is 0.0927 e. The molecule has 1 N–H and O–H groups in total. The monoisotopic (exact) mass is 216 g/mol. The van der Waals surface area contributed by atoms with E-state index in [2.05, 4.69) is 24.3 Å². The molecule has 0 saturated heterocycles. The van der Waals surface area contributed by atoms with Gasteiger partial charge in [0.05, 0.1) is 5.60 Å². The van der Waals surface area contributed by atoms with Crippen LogP contribution in [0, 0.1) is 5.41 Å². The summed E-state index contributed by atoms with van der Waals surface area (Å²) in [4.78, 5) is 0. The molecule has 2 aliphatic rings. The normalized spacial score (nSPS) is 31.6. The van der Waals surface area contributed by atoms with Crippen molar-refractivity contribution in [3.8, 4) is 0 Å². The van der Waals surface area contributed by atoms with Crippen molar-refractivity contribution in [1.82, 2.24) is 0 Å². The molecule has 0 aliphatic heterocycles. The van der Waals surface area contributed by atoms with Crippen LogP contribution in [0.2, 0.25) is 0 Å². The SMILES string of the molecule is C[C@]1(O)c2ccccc2CCC12CCCC2. The zero-order chi connectivity index (χ0) is 11.2. The third-order valence-corrected chi connectivity index (χ3v) is 5.01. The highest BCUT2D eigenvalue weighted by atomic mass is 16.3. The molecule has 16 heavy (non-hydrogen) atoms. The summed E-state index contributed by atoms with van der Waals surface area (Å²) in [6.07, 6.45) is 7.29. The second-order valence-electron chi connectivity index (χ2n) is 5.72. The quantitative estimate of drug-likeness (QED) is 0.704. The van der Waals surface area contributed by atoms with Gasteiger partial charge in [-0.05, 0) is 43.7 Å². The molecule has 86 valence electrons. The summed E-state index contributed by atoms with van der Waals surface area (Å²) in [7, 11) is 0. The molecule has 0 aromatic heterocycles. The highest BCUT2D eigenvalue weighted by Gasteiger charge is 2.51. The Morgan fingerprint density at radius 3 is 2.50 bits per heavy atom. The van der Waals surface area contributed by atoms with Crippen LogP contribution in [0.5, 0.6) is 0 Å². The number of rotatable bonds is 0. The van der Waals surface area contributed by atoms with Gasteiger partial charge in [0.25, 0.3) is 0 Å². The minimum absolute atomic E-state index is 0.168. The molecule has 0 amide bonds. The molecular weight excluding hydrogens is 196 g/mol. The van der Waals surface area contributed by atoms with E-state index >= 15 is 0 Å². The third-order valence-electron chi connectivity index (χ3n) is 5.01. The highest BCUT2D eigenvalue weighted by molar-refractivity contribution is 5.37. The first kappa shape index (κ1) is 10.3. The Kier molecular flexibility index (Phi) is 2.16. The molecule has 1 saturated carbocycles. The fourth-order valence-corrected chi connectivity index (χ4v) is 3.90. The molecule has 1 fully saturated rings. The van der Waals surface area contributed by atoms with Crippen LogP contribution in [0.15, 0.2) is 24.3 Å². The van der Waals surface area contributed by atoms with Gasteiger partial charge in [0, 0.05) is 5.41 Å². The van der Waals surface area contributed by atoms with Crippen molar-refractivity contribution in [3.63, 3.8) is 0 Å². The molecule has 0 heterocycles. The number of hydrogen-bond acceptors (Lipinski definition) is 1. The van der Waals surface area contributed by atoms with E-state index in [1.807, 2.05) is 6.92 Å². The molecular formula is C15H20O. The zero-order valence-electron chi connectivity index (χ0n) is 10.00. The van der Waals surface area contributed by atoms with Crippen LogP contribution in [0.4, 0.5) is 0 Å². The Morgan fingerprint density at radius 2 is 1.75 bits per heavy atom. The van der Waals surface area contributed by atoms with Gasteiger partial charge in [0.1, 0.15) is 0 Å². The van der Waals surface area contributed by atoms with Crippen molar-refractivity contribution in [2.75, 3.05) is 0 Å². The largest absolute Gasteiger partial charge is 0.385 e. The van der Waals surface area contributed by atoms with E-state index in [4.69, 9.17) is 0 Å². The molecule has 1 atom stereocenters. The summed E-state index contributed by atoms with van der Waals surface area (Å²) in [6.45, 7) is 2.04. The van der Waals surface area contributed by atoms with Gasteiger partial charge in [-0.2, -0.15) is 0 Å². The fourth-order valence-electron chi connectivity index (χ4n) is 3.90. The van der Waals surface area contributed by atoms with Crippen LogP contribution in [0.1, 0.15) is 50.2 Å². The van der Waals surface area contributed by atoms with Crippen molar-refractivity contribution in [3.05, 3.63) is 35.4 Å². The molecule has 0 unspecified atom stereocenters. The van der Waals surface area contributed by atoms with Gasteiger partial charge in [-0.3, -0.25) is 0 Å². The van der Waals surface area contributed by atoms with Gasteiger partial charge in [-0.25, -0.2) is 0 Å². The average molecular weight is 216 g/mol. The van der Waals surface area contributed by atoms with Crippen molar-refractivity contribution in [2.24, 2.45) is 5.41 Å². The summed E-state index contributed by atoms with van der Waals surface area (Å²) in [6, 6.07) is 8.43. The van der Waals surface area contributed by atoms with Gasteiger partial charge in [0.15, 0.2) is 0 Å². The van der Waals surface area contributed by atoms with E-state index in [9.17, 15) is 5.11 Å². The van der Waals surface area contributed by atoms with Crippen LogP contribution in [0.3, 0.4) is 0 Å². The van der Waals surface area contributed by atoms with Gasteiger partial charge in [-0.1, -0.05) is 37.1 Å². The summed E-state index contributed by atoms with van der Waals surface area (Å²) in [5.74, 6) is 0. The van der Waals surface area contributed by atoms with E-state index in [1.165, 1.54) is 36.8 Å². The number of hydrogen-bond donors (Lipinski definition) is 1. The summed E-state index contributed by atoms with van der Waals surface area (Å²) in [5.41, 5.74) is 2.09. The van der Waals surface area contributed by atoms with E-state index in [-0.39, 0.29) is 5.41 Å². The number of aliphatic hydroxyl groups is 1. The minimum Gasteiger partial charge on any atom is -0.385 e. The molecule has 1 aromatic carbocycles. The Morgan fingerprint density at radius 1 is 1.06 bits per heavy atom. The van der Waals surface area contributed by atoms with Crippen molar-refractivity contribution in [2.45, 2.75) is 51.0 Å². The number of aryl methyl sites for hydroxylation is 1. The Bertz CT molecular complexity index is 400. The van der Waals surface area contributed by atoms with Crippen molar-refractivity contribution >= 4 is 0 Å². The predicted molar refractivity (Wildman–Crippen MR) is 65.2 cm³/mol. The number of benzene rings is 1. The Labute approximate surface area is 97.5 Å². The van der Waals surface area contributed by atoms with Gasteiger partial charge in [-0.15, -0.1) is 0 Å². The maximum atomic E-state index is 11.0. The lowest BCUT2D eigenvalue weighted by molar-refractivity contribution is -0.0870. The molecule has 0 bridgehead atoms. The third kappa shape index (κ3) is 1.21. The van der Waals surface area contributed by atoms with Crippen LogP contribution in [0.25, 0.3) is 0 Å². The first-order valence-corrected chi connectivity index (χ1v) is 6.47. The minimum atomic E-state index is -0.613. The maximum Gasteiger partial charge on any atom is 0.0927 e. The molecule has 1 heteroatoms. The molecule has 0 radical (unpaired) electrons. The molecule has 2 aliphatic carbocycles. The Balaban J connectivity index is 2.11. The van der Waals surface area contributed by atoms with E-state index in [0.717, 1.165) is 12.8 Å². The van der Waals surface area contributed by atoms with Crippen molar-refractivity contribution in [1.29, 1.82) is 0 Å². The summed E-state index contributed by atoms with van der Waals surface area (Å²) in [5, 5.41) is 11.0. The summed E-state index contributed by atoms with van der Waals surface area (Å²) < 4.78 is 0. The lowest BCUT2D eigenvalue weighted by Crippen LogP contribution is -2.45. The second kappa shape index (κ2) is 3.33. The van der Waals surface area contributed by atoms with Crippen molar-refractivity contribution < 1.29 is 5.11 Å². The molecule has 1 aromatic rings. The predicted octanol–water partition coefficient (Wildman–Crippen LogP) is 3.40. The standard InChI is InChI=1S/C15H20O/c1-14(16)13-7-3-2-6-12(13)8-11-15(14)9-4-5-10-15/h2-3,6-7,16H,4-5,8-11H2,1H3/t14-/m0/s1. The Hall–Kier alpha value is -0.820. The van der Waals surface area contributed by atoms with E-state index in [0.29, 0.717) is 0 Å². The van der Waals surface area contributed by atoms with Crippen LogP contribution < -0.4 is 0 Å². The van der Waals surface area contributed by atoms with Crippen LogP contribution in [-0.2, 0) is 12.0 Å². The maximum absolute atomic E-state index is 11.0. The van der Waals surface area contributed by atoms with Gasteiger partial charge >= 0.3 is 0 Å². The zero-order valence-corrected chi connectivity index (χ0v) is 10.00. The van der Waals surface area contributed by atoms with Gasteiger partial charge < -0.3 is 5.11 Å². The topological polar surface area (TPSA) is 20.2 Å². The first-order valence-electron chi connectivity index (χ1n) is 6.47. The summed E-state index contributed by atoms with van der Waals surface area (Å²) >= 11 is 0.